The van der Waals surface area contributed by atoms with Crippen molar-refractivity contribution < 1.29 is 18.7 Å². The van der Waals surface area contributed by atoms with E-state index in [2.05, 4.69) is 0 Å². The van der Waals surface area contributed by atoms with Crippen LogP contribution in [0.2, 0.25) is 0 Å². The number of nitrogens with zero attached hydrogens (tertiary/aromatic N) is 2. The van der Waals surface area contributed by atoms with Crippen LogP contribution in [0.25, 0.3) is 0 Å². The Balaban J connectivity index is 1.46. The standard InChI is InChI=1S/C18H21FN2O3/c19-13-3-5-14(6-4-13)21-12-18(10-16(21)22)7-8-20(11-18)17(23)15-2-1-9-24-15/h3-6,15H,1-2,7-12H2/t15-,18?/m0/s1. The zero-order chi connectivity index (χ0) is 16.7. The molecule has 24 heavy (non-hydrogen) atoms. The number of rotatable bonds is 2. The molecule has 1 aromatic carbocycles. The molecule has 6 heteroatoms. The number of hydrogen-bond acceptors (Lipinski definition) is 3. The lowest BCUT2D eigenvalue weighted by Crippen LogP contribution is -2.39. The van der Waals surface area contributed by atoms with Gasteiger partial charge in [0.15, 0.2) is 0 Å². The first-order valence-corrected chi connectivity index (χ1v) is 8.53. The monoisotopic (exact) mass is 332 g/mol. The third-order valence-electron chi connectivity index (χ3n) is 5.41. The molecule has 4 rings (SSSR count). The molecule has 128 valence electrons. The van der Waals surface area contributed by atoms with Gasteiger partial charge in [0.1, 0.15) is 11.9 Å². The summed E-state index contributed by atoms with van der Waals surface area (Å²) in [5.41, 5.74) is 0.543. The molecule has 3 aliphatic rings. The van der Waals surface area contributed by atoms with Crippen molar-refractivity contribution >= 4 is 17.5 Å². The highest BCUT2D eigenvalue weighted by atomic mass is 19.1. The Hall–Kier alpha value is -1.95. The van der Waals surface area contributed by atoms with Crippen LogP contribution in [0.1, 0.15) is 25.7 Å². The van der Waals surface area contributed by atoms with Gasteiger partial charge in [-0.15, -0.1) is 0 Å². The van der Waals surface area contributed by atoms with Crippen molar-refractivity contribution in [1.82, 2.24) is 4.90 Å². The maximum Gasteiger partial charge on any atom is 0.251 e. The molecule has 5 nitrogen and oxygen atoms in total. The molecular formula is C18H21FN2O3. The molecular weight excluding hydrogens is 311 g/mol. The summed E-state index contributed by atoms with van der Waals surface area (Å²) in [4.78, 5) is 28.6. The molecule has 0 aliphatic carbocycles. The van der Waals surface area contributed by atoms with Crippen molar-refractivity contribution in [3.05, 3.63) is 30.1 Å². The van der Waals surface area contributed by atoms with Gasteiger partial charge in [-0.05, 0) is 43.5 Å². The molecule has 1 unspecified atom stereocenters. The number of amides is 2. The summed E-state index contributed by atoms with van der Waals surface area (Å²) < 4.78 is 18.6. The van der Waals surface area contributed by atoms with Crippen LogP contribution in [0.5, 0.6) is 0 Å². The number of carbonyl (C=O) groups excluding carboxylic acids is 2. The summed E-state index contributed by atoms with van der Waals surface area (Å²) in [6, 6.07) is 6.01. The quantitative estimate of drug-likeness (QED) is 0.832. The Kier molecular flexibility index (Phi) is 3.79. The number of benzene rings is 1. The van der Waals surface area contributed by atoms with Gasteiger partial charge in [-0.1, -0.05) is 0 Å². The van der Waals surface area contributed by atoms with Gasteiger partial charge >= 0.3 is 0 Å². The van der Waals surface area contributed by atoms with Crippen molar-refractivity contribution in [2.45, 2.75) is 31.8 Å². The van der Waals surface area contributed by atoms with E-state index in [1.165, 1.54) is 12.1 Å². The summed E-state index contributed by atoms with van der Waals surface area (Å²) in [5, 5.41) is 0. The summed E-state index contributed by atoms with van der Waals surface area (Å²) in [5.74, 6) is -0.195. The minimum Gasteiger partial charge on any atom is -0.368 e. The van der Waals surface area contributed by atoms with Crippen LogP contribution in [0, 0.1) is 11.2 Å². The smallest absolute Gasteiger partial charge is 0.251 e. The first kappa shape index (κ1) is 15.6. The Morgan fingerprint density at radius 1 is 1.25 bits per heavy atom. The molecule has 2 amide bonds. The average Bonchev–Trinajstić information content (AvgIpc) is 3.29. The fourth-order valence-electron chi connectivity index (χ4n) is 4.12. The maximum atomic E-state index is 13.1. The van der Waals surface area contributed by atoms with Gasteiger partial charge in [0.05, 0.1) is 0 Å². The third-order valence-corrected chi connectivity index (χ3v) is 5.41. The maximum absolute atomic E-state index is 13.1. The first-order chi connectivity index (χ1) is 11.6. The van der Waals surface area contributed by atoms with Gasteiger partial charge in [0.2, 0.25) is 5.91 Å². The largest absolute Gasteiger partial charge is 0.368 e. The zero-order valence-corrected chi connectivity index (χ0v) is 13.5. The third kappa shape index (κ3) is 2.69. The van der Waals surface area contributed by atoms with Crippen molar-refractivity contribution in [1.29, 1.82) is 0 Å². The number of hydrogen-bond donors (Lipinski definition) is 0. The number of likely N-dealkylation sites (tertiary alicyclic amines) is 1. The predicted molar refractivity (Wildman–Crippen MR) is 86.0 cm³/mol. The Bertz CT molecular complexity index is 657. The van der Waals surface area contributed by atoms with E-state index in [-0.39, 0.29) is 29.2 Å². The van der Waals surface area contributed by atoms with Crippen molar-refractivity contribution in [3.8, 4) is 0 Å². The van der Waals surface area contributed by atoms with Crippen LogP contribution in [-0.2, 0) is 14.3 Å². The van der Waals surface area contributed by atoms with Crippen LogP contribution in [0.15, 0.2) is 24.3 Å². The molecule has 3 aliphatic heterocycles. The zero-order valence-electron chi connectivity index (χ0n) is 13.5. The summed E-state index contributed by atoms with van der Waals surface area (Å²) in [6.45, 7) is 2.54. The van der Waals surface area contributed by atoms with E-state index in [4.69, 9.17) is 4.74 Å². The van der Waals surface area contributed by atoms with Crippen LogP contribution in [0.3, 0.4) is 0 Å². The molecule has 1 spiro atoms. The van der Waals surface area contributed by atoms with E-state index >= 15 is 0 Å². The lowest BCUT2D eigenvalue weighted by molar-refractivity contribution is -0.140. The lowest BCUT2D eigenvalue weighted by atomic mass is 9.86. The minimum atomic E-state index is -0.311. The lowest BCUT2D eigenvalue weighted by Gasteiger charge is -2.25. The highest BCUT2D eigenvalue weighted by Gasteiger charge is 2.49. The first-order valence-electron chi connectivity index (χ1n) is 8.53. The molecule has 3 saturated heterocycles. The van der Waals surface area contributed by atoms with Crippen LogP contribution in [0.4, 0.5) is 10.1 Å². The number of carbonyl (C=O) groups is 2. The molecule has 0 saturated carbocycles. The van der Waals surface area contributed by atoms with E-state index < -0.39 is 0 Å². The molecule has 3 fully saturated rings. The second-order valence-corrected chi connectivity index (χ2v) is 7.14. The van der Waals surface area contributed by atoms with E-state index in [0.29, 0.717) is 32.7 Å². The molecule has 3 heterocycles. The highest BCUT2D eigenvalue weighted by molar-refractivity contribution is 5.96. The minimum absolute atomic E-state index is 0.0491. The van der Waals surface area contributed by atoms with E-state index in [9.17, 15) is 14.0 Å². The Morgan fingerprint density at radius 3 is 2.75 bits per heavy atom. The van der Waals surface area contributed by atoms with E-state index in [1.807, 2.05) is 4.90 Å². The van der Waals surface area contributed by atoms with Crippen molar-refractivity contribution in [2.24, 2.45) is 5.41 Å². The molecule has 1 aromatic rings. The molecule has 0 bridgehead atoms. The Morgan fingerprint density at radius 2 is 2.04 bits per heavy atom. The second kappa shape index (κ2) is 5.84. The molecule has 0 aromatic heterocycles. The molecule has 0 radical (unpaired) electrons. The fourth-order valence-corrected chi connectivity index (χ4v) is 4.12. The van der Waals surface area contributed by atoms with Crippen LogP contribution >= 0.6 is 0 Å². The van der Waals surface area contributed by atoms with Gasteiger partial charge < -0.3 is 14.5 Å². The average molecular weight is 332 g/mol. The van der Waals surface area contributed by atoms with Gasteiger partial charge in [-0.3, -0.25) is 9.59 Å². The molecule has 2 atom stereocenters. The topological polar surface area (TPSA) is 49.9 Å². The van der Waals surface area contributed by atoms with Gasteiger partial charge in [0, 0.05) is 43.8 Å². The van der Waals surface area contributed by atoms with Gasteiger partial charge in [-0.25, -0.2) is 4.39 Å². The van der Waals surface area contributed by atoms with Crippen molar-refractivity contribution in [2.75, 3.05) is 31.1 Å². The van der Waals surface area contributed by atoms with E-state index in [1.54, 1.807) is 17.0 Å². The summed E-state index contributed by atoms with van der Waals surface area (Å²) in [6.07, 6.45) is 2.70. The second-order valence-electron chi connectivity index (χ2n) is 7.14. The van der Waals surface area contributed by atoms with Crippen molar-refractivity contribution in [3.63, 3.8) is 0 Å². The van der Waals surface area contributed by atoms with Crippen LogP contribution < -0.4 is 4.90 Å². The number of anilines is 1. The predicted octanol–water partition coefficient (Wildman–Crippen LogP) is 1.96. The molecule has 0 N–H and O–H groups in total. The normalized spacial score (nSPS) is 29.9. The summed E-state index contributed by atoms with van der Waals surface area (Å²) >= 11 is 0. The highest BCUT2D eigenvalue weighted by Crippen LogP contribution is 2.42. The number of ether oxygens (including phenoxy) is 1. The fraction of sp³-hybridized carbons (Fsp3) is 0.556. The Labute approximate surface area is 140 Å². The van der Waals surface area contributed by atoms with Crippen LogP contribution in [-0.4, -0.2) is 49.1 Å². The number of halogens is 1. The summed E-state index contributed by atoms with van der Waals surface area (Å²) in [7, 11) is 0. The van der Waals surface area contributed by atoms with E-state index in [0.717, 1.165) is 24.9 Å². The van der Waals surface area contributed by atoms with Gasteiger partial charge in [0.25, 0.3) is 5.91 Å². The SMILES string of the molecule is O=C([C@@H]1CCCO1)N1CCC2(CC(=O)N(c3ccc(F)cc3)C2)C1. The van der Waals surface area contributed by atoms with Gasteiger partial charge in [-0.2, -0.15) is 0 Å².